The summed E-state index contributed by atoms with van der Waals surface area (Å²) >= 11 is 0. The number of aromatic nitrogens is 1. The summed E-state index contributed by atoms with van der Waals surface area (Å²) in [5.41, 5.74) is 0. The summed E-state index contributed by atoms with van der Waals surface area (Å²) < 4.78 is 7.10. The van der Waals surface area contributed by atoms with Gasteiger partial charge in [0.1, 0.15) is 5.75 Å². The molecule has 3 nitrogen and oxygen atoms in total. The molecule has 0 radical (unpaired) electrons. The van der Waals surface area contributed by atoms with E-state index in [1.165, 1.54) is 0 Å². The van der Waals surface area contributed by atoms with Crippen LogP contribution in [0.1, 0.15) is 0 Å². The van der Waals surface area contributed by atoms with E-state index in [9.17, 15) is 4.79 Å². The topological polar surface area (TPSA) is 30.2 Å². The summed E-state index contributed by atoms with van der Waals surface area (Å²) in [5.74, 6) is 0.287. The highest BCUT2D eigenvalue weighted by atomic mass is 16.5. The highest BCUT2D eigenvalue weighted by Gasteiger charge is 2.12. The zero-order chi connectivity index (χ0) is 13.8. The van der Waals surface area contributed by atoms with Crippen LogP contribution in [0.15, 0.2) is 73.1 Å². The van der Waals surface area contributed by atoms with E-state index in [1.54, 1.807) is 12.1 Å². The van der Waals surface area contributed by atoms with Gasteiger partial charge in [-0.15, -0.1) is 0 Å². The molecule has 0 amide bonds. The lowest BCUT2D eigenvalue weighted by molar-refractivity contribution is -0.684. The van der Waals surface area contributed by atoms with Crippen LogP contribution >= 0.6 is 0 Å². The summed E-state index contributed by atoms with van der Waals surface area (Å²) in [4.78, 5) is 11.9. The highest BCUT2D eigenvalue weighted by molar-refractivity contribution is 5.80. The molecule has 0 aliphatic carbocycles. The van der Waals surface area contributed by atoms with Crippen LogP contribution in [0.3, 0.4) is 0 Å². The Balaban J connectivity index is 1.74. The Bertz CT molecular complexity index is 738. The molecular weight excluding hydrogens is 250 g/mol. The summed E-state index contributed by atoms with van der Waals surface area (Å²) in [6, 6.07) is 19.1. The third kappa shape index (κ3) is 2.83. The molecule has 3 heteroatoms. The van der Waals surface area contributed by atoms with E-state index in [-0.39, 0.29) is 12.5 Å². The molecule has 0 aliphatic rings. The van der Waals surface area contributed by atoms with E-state index in [0.717, 1.165) is 10.8 Å². The van der Waals surface area contributed by atoms with Crippen molar-refractivity contribution in [2.75, 3.05) is 0 Å². The van der Waals surface area contributed by atoms with Gasteiger partial charge in [-0.3, -0.25) is 0 Å². The summed E-state index contributed by atoms with van der Waals surface area (Å²) in [7, 11) is 0. The molecule has 1 aromatic heterocycles. The lowest BCUT2D eigenvalue weighted by Crippen LogP contribution is -2.38. The molecule has 0 spiro atoms. The van der Waals surface area contributed by atoms with Crippen LogP contribution in [0.4, 0.5) is 0 Å². The van der Waals surface area contributed by atoms with E-state index in [1.807, 2.05) is 65.5 Å². The molecule has 0 saturated heterocycles. The Labute approximate surface area is 117 Å². The smallest absolute Gasteiger partial charge is 0.378 e. The Morgan fingerprint density at radius 3 is 2.40 bits per heavy atom. The molecule has 0 unspecified atom stereocenters. The van der Waals surface area contributed by atoms with E-state index in [0.29, 0.717) is 5.75 Å². The average Bonchev–Trinajstić information content (AvgIpc) is 2.48. The first-order valence-corrected chi connectivity index (χ1v) is 6.45. The third-order valence-electron chi connectivity index (χ3n) is 3.03. The van der Waals surface area contributed by atoms with Crippen molar-refractivity contribution in [3.05, 3.63) is 73.1 Å². The molecule has 0 bridgehead atoms. The number of ether oxygens (including phenoxy) is 1. The fourth-order valence-corrected chi connectivity index (χ4v) is 2.08. The molecule has 0 atom stereocenters. The van der Waals surface area contributed by atoms with Gasteiger partial charge in [0.2, 0.25) is 6.54 Å². The van der Waals surface area contributed by atoms with Gasteiger partial charge in [-0.2, -0.15) is 4.57 Å². The quantitative estimate of drug-likeness (QED) is 0.413. The van der Waals surface area contributed by atoms with Crippen molar-refractivity contribution in [1.82, 2.24) is 0 Å². The van der Waals surface area contributed by atoms with Gasteiger partial charge in [0.05, 0.1) is 0 Å². The number of carbonyl (C=O) groups excluding carboxylic acids is 1. The van der Waals surface area contributed by atoms with Crippen molar-refractivity contribution < 1.29 is 14.1 Å². The maximum atomic E-state index is 11.9. The van der Waals surface area contributed by atoms with Gasteiger partial charge < -0.3 is 4.74 Å². The van der Waals surface area contributed by atoms with Gasteiger partial charge in [0, 0.05) is 11.5 Å². The second-order valence-corrected chi connectivity index (χ2v) is 4.53. The fraction of sp³-hybridized carbons (Fsp3) is 0.0588. The van der Waals surface area contributed by atoms with Crippen LogP contribution in [0.2, 0.25) is 0 Å². The van der Waals surface area contributed by atoms with E-state index < -0.39 is 0 Å². The number of fused-ring (bicyclic) bond motifs is 1. The van der Waals surface area contributed by atoms with Gasteiger partial charge in [-0.1, -0.05) is 36.4 Å². The van der Waals surface area contributed by atoms with Gasteiger partial charge in [0.25, 0.3) is 0 Å². The number of carbonyl (C=O) groups is 1. The van der Waals surface area contributed by atoms with Crippen LogP contribution in [0, 0.1) is 0 Å². The highest BCUT2D eigenvalue weighted by Crippen LogP contribution is 2.10. The Hall–Kier alpha value is -2.68. The van der Waals surface area contributed by atoms with Crippen molar-refractivity contribution in [1.29, 1.82) is 0 Å². The number of nitrogens with zero attached hydrogens (tertiary/aromatic N) is 1. The molecule has 3 aromatic rings. The predicted molar refractivity (Wildman–Crippen MR) is 76.2 cm³/mol. The fourth-order valence-electron chi connectivity index (χ4n) is 2.08. The Morgan fingerprint density at radius 1 is 0.900 bits per heavy atom. The zero-order valence-corrected chi connectivity index (χ0v) is 10.9. The van der Waals surface area contributed by atoms with Gasteiger partial charge in [-0.05, 0) is 23.6 Å². The minimum absolute atomic E-state index is 0.194. The predicted octanol–water partition coefficient (Wildman–Crippen LogP) is 2.73. The molecule has 3 rings (SSSR count). The normalized spacial score (nSPS) is 10.4. The minimum Gasteiger partial charge on any atom is -0.422 e. The maximum absolute atomic E-state index is 11.9. The number of pyridine rings is 1. The molecule has 0 saturated carbocycles. The number of benzene rings is 2. The second-order valence-electron chi connectivity index (χ2n) is 4.53. The lowest BCUT2D eigenvalue weighted by Gasteiger charge is -2.02. The molecule has 1 heterocycles. The summed E-state index contributed by atoms with van der Waals surface area (Å²) in [6.45, 7) is 0.194. The number of hydrogen-bond donors (Lipinski definition) is 0. The maximum Gasteiger partial charge on any atom is 0.378 e. The Kier molecular flexibility index (Phi) is 3.42. The summed E-state index contributed by atoms with van der Waals surface area (Å²) in [6.07, 6.45) is 3.83. The number of para-hydroxylation sites is 1. The molecule has 2 aromatic carbocycles. The van der Waals surface area contributed by atoms with Gasteiger partial charge in [-0.25, -0.2) is 4.79 Å². The van der Waals surface area contributed by atoms with Crippen LogP contribution in [-0.2, 0) is 11.3 Å². The molecule has 20 heavy (non-hydrogen) atoms. The second kappa shape index (κ2) is 5.53. The zero-order valence-electron chi connectivity index (χ0n) is 10.9. The molecule has 98 valence electrons. The molecule has 0 aliphatic heterocycles. The van der Waals surface area contributed by atoms with Crippen LogP contribution in [0.5, 0.6) is 5.75 Å². The van der Waals surface area contributed by atoms with Crippen molar-refractivity contribution in [3.63, 3.8) is 0 Å². The van der Waals surface area contributed by atoms with Gasteiger partial charge >= 0.3 is 5.97 Å². The van der Waals surface area contributed by atoms with Crippen molar-refractivity contribution in [2.24, 2.45) is 0 Å². The van der Waals surface area contributed by atoms with E-state index >= 15 is 0 Å². The molecular formula is C17H14NO2+. The van der Waals surface area contributed by atoms with Crippen LogP contribution in [0.25, 0.3) is 10.8 Å². The first kappa shape index (κ1) is 12.4. The van der Waals surface area contributed by atoms with Crippen LogP contribution in [-0.4, -0.2) is 5.97 Å². The average molecular weight is 264 g/mol. The largest absolute Gasteiger partial charge is 0.422 e. The number of rotatable bonds is 3. The molecule has 0 fully saturated rings. The number of hydrogen-bond acceptors (Lipinski definition) is 2. The summed E-state index contributed by atoms with van der Waals surface area (Å²) in [5, 5.41) is 2.25. The lowest BCUT2D eigenvalue weighted by atomic mass is 10.2. The van der Waals surface area contributed by atoms with Gasteiger partial charge in [0.15, 0.2) is 12.4 Å². The SMILES string of the molecule is O=C(C[n+]1ccc2ccccc2c1)Oc1ccccc1. The third-order valence-corrected chi connectivity index (χ3v) is 3.03. The van der Waals surface area contributed by atoms with E-state index in [2.05, 4.69) is 0 Å². The standard InChI is InChI=1S/C17H14NO2/c19-17(20-16-8-2-1-3-9-16)13-18-11-10-14-6-4-5-7-15(14)12-18/h1-12H,13H2/q+1. The first-order chi connectivity index (χ1) is 9.81. The van der Waals surface area contributed by atoms with Crippen LogP contribution < -0.4 is 9.30 Å². The van der Waals surface area contributed by atoms with Crippen molar-refractivity contribution >= 4 is 16.7 Å². The first-order valence-electron chi connectivity index (χ1n) is 6.45. The monoisotopic (exact) mass is 264 g/mol. The Morgan fingerprint density at radius 2 is 1.60 bits per heavy atom. The van der Waals surface area contributed by atoms with Crippen molar-refractivity contribution in [3.8, 4) is 5.75 Å². The minimum atomic E-state index is -0.281. The van der Waals surface area contributed by atoms with Crippen molar-refractivity contribution in [2.45, 2.75) is 6.54 Å². The molecule has 0 N–H and O–H groups in total. The number of esters is 1. The van der Waals surface area contributed by atoms with E-state index in [4.69, 9.17) is 4.74 Å².